The largest absolute Gasteiger partial charge is 0.464 e. The van der Waals surface area contributed by atoms with Crippen LogP contribution in [0.1, 0.15) is 42.0 Å². The third-order valence-corrected chi connectivity index (χ3v) is 4.69. The number of nitrogens with one attached hydrogen (secondary N) is 1. The Labute approximate surface area is 124 Å². The molecule has 0 amide bonds. The van der Waals surface area contributed by atoms with Gasteiger partial charge >= 0.3 is 0 Å². The van der Waals surface area contributed by atoms with E-state index in [0.717, 1.165) is 35.4 Å². The molecule has 2 heterocycles. The molecule has 110 valence electrons. The fourth-order valence-electron chi connectivity index (χ4n) is 2.23. The molecule has 0 aliphatic rings. The monoisotopic (exact) mass is 293 g/mol. The van der Waals surface area contributed by atoms with Crippen LogP contribution in [0.4, 0.5) is 5.13 Å². The van der Waals surface area contributed by atoms with E-state index >= 15 is 0 Å². The van der Waals surface area contributed by atoms with Crippen molar-refractivity contribution in [1.82, 2.24) is 10.3 Å². The van der Waals surface area contributed by atoms with Crippen LogP contribution in [0.3, 0.4) is 0 Å². The fourth-order valence-corrected chi connectivity index (χ4v) is 3.28. The zero-order valence-electron chi connectivity index (χ0n) is 12.9. The lowest BCUT2D eigenvalue weighted by Crippen LogP contribution is -2.17. The molecule has 0 aliphatic heterocycles. The van der Waals surface area contributed by atoms with E-state index in [9.17, 15) is 0 Å². The standard InChI is InChI=1S/C15H23N3OS/c1-6-16-11(3)14-12(4)17-15(20-14)18(5)9-13-8-7-10(2)19-13/h7-8,11,16H,6,9H2,1-5H3. The van der Waals surface area contributed by atoms with E-state index in [1.54, 1.807) is 11.3 Å². The number of thiazole rings is 1. The minimum atomic E-state index is 0.352. The van der Waals surface area contributed by atoms with Crippen LogP contribution < -0.4 is 10.2 Å². The highest BCUT2D eigenvalue weighted by molar-refractivity contribution is 7.15. The van der Waals surface area contributed by atoms with Crippen molar-refractivity contribution in [3.63, 3.8) is 0 Å². The van der Waals surface area contributed by atoms with Crippen molar-refractivity contribution >= 4 is 16.5 Å². The predicted molar refractivity (Wildman–Crippen MR) is 84.5 cm³/mol. The quantitative estimate of drug-likeness (QED) is 0.882. The molecule has 2 aromatic heterocycles. The van der Waals surface area contributed by atoms with Gasteiger partial charge in [-0.25, -0.2) is 4.98 Å². The van der Waals surface area contributed by atoms with Crippen molar-refractivity contribution in [2.24, 2.45) is 0 Å². The summed E-state index contributed by atoms with van der Waals surface area (Å²) in [6.07, 6.45) is 0. The fraction of sp³-hybridized carbons (Fsp3) is 0.533. The van der Waals surface area contributed by atoms with Crippen LogP contribution in [0.15, 0.2) is 16.5 Å². The molecule has 0 saturated heterocycles. The normalized spacial score (nSPS) is 12.7. The molecular formula is C15H23N3OS. The average molecular weight is 293 g/mol. The summed E-state index contributed by atoms with van der Waals surface area (Å²) in [4.78, 5) is 8.13. The summed E-state index contributed by atoms with van der Waals surface area (Å²) in [5, 5.41) is 4.48. The molecule has 1 unspecified atom stereocenters. The SMILES string of the molecule is CCNC(C)c1sc(N(C)Cc2ccc(C)o2)nc1C. The van der Waals surface area contributed by atoms with E-state index in [4.69, 9.17) is 4.42 Å². The van der Waals surface area contributed by atoms with Gasteiger partial charge in [-0.3, -0.25) is 0 Å². The van der Waals surface area contributed by atoms with Crippen molar-refractivity contribution in [2.45, 2.75) is 40.3 Å². The van der Waals surface area contributed by atoms with Gasteiger partial charge in [-0.1, -0.05) is 6.92 Å². The van der Waals surface area contributed by atoms with Crippen LogP contribution >= 0.6 is 11.3 Å². The predicted octanol–water partition coefficient (Wildman–Crippen LogP) is 3.66. The Morgan fingerprint density at radius 2 is 2.15 bits per heavy atom. The van der Waals surface area contributed by atoms with E-state index in [1.807, 2.05) is 19.1 Å². The molecule has 0 saturated carbocycles. The van der Waals surface area contributed by atoms with Crippen LogP contribution in [0, 0.1) is 13.8 Å². The van der Waals surface area contributed by atoms with Crippen molar-refractivity contribution in [3.05, 3.63) is 34.2 Å². The van der Waals surface area contributed by atoms with Crippen molar-refractivity contribution in [2.75, 3.05) is 18.5 Å². The van der Waals surface area contributed by atoms with Crippen LogP contribution in [0.2, 0.25) is 0 Å². The summed E-state index contributed by atoms with van der Waals surface area (Å²) in [5.74, 6) is 1.92. The summed E-state index contributed by atoms with van der Waals surface area (Å²) < 4.78 is 5.62. The lowest BCUT2D eigenvalue weighted by Gasteiger charge is -2.14. The number of nitrogens with zero attached hydrogens (tertiary/aromatic N) is 2. The lowest BCUT2D eigenvalue weighted by molar-refractivity contribution is 0.481. The van der Waals surface area contributed by atoms with Gasteiger partial charge in [0.2, 0.25) is 0 Å². The highest BCUT2D eigenvalue weighted by Gasteiger charge is 2.16. The van der Waals surface area contributed by atoms with Crippen LogP contribution in [-0.4, -0.2) is 18.6 Å². The molecule has 2 aromatic rings. The van der Waals surface area contributed by atoms with E-state index in [0.29, 0.717) is 6.04 Å². The average Bonchev–Trinajstić information content (AvgIpc) is 2.96. The second-order valence-electron chi connectivity index (χ2n) is 5.09. The molecular weight excluding hydrogens is 270 g/mol. The van der Waals surface area contributed by atoms with Crippen molar-refractivity contribution < 1.29 is 4.42 Å². The highest BCUT2D eigenvalue weighted by Crippen LogP contribution is 2.30. The molecule has 0 aromatic carbocycles. The molecule has 2 rings (SSSR count). The number of hydrogen-bond acceptors (Lipinski definition) is 5. The van der Waals surface area contributed by atoms with Gasteiger partial charge in [0.1, 0.15) is 11.5 Å². The van der Waals surface area contributed by atoms with E-state index < -0.39 is 0 Å². The first-order valence-electron chi connectivity index (χ1n) is 6.98. The molecule has 5 heteroatoms. The van der Waals surface area contributed by atoms with Gasteiger partial charge < -0.3 is 14.6 Å². The first kappa shape index (κ1) is 15.1. The Morgan fingerprint density at radius 1 is 1.40 bits per heavy atom. The second-order valence-corrected chi connectivity index (χ2v) is 6.10. The number of hydrogen-bond donors (Lipinski definition) is 1. The maximum atomic E-state index is 5.62. The Hall–Kier alpha value is -1.33. The Balaban J connectivity index is 2.10. The first-order chi connectivity index (χ1) is 9.51. The molecule has 0 aliphatic carbocycles. The zero-order chi connectivity index (χ0) is 14.7. The highest BCUT2D eigenvalue weighted by atomic mass is 32.1. The Kier molecular flexibility index (Phi) is 4.83. The molecule has 1 atom stereocenters. The second kappa shape index (κ2) is 6.41. The maximum absolute atomic E-state index is 5.62. The Morgan fingerprint density at radius 3 is 2.75 bits per heavy atom. The third-order valence-electron chi connectivity index (χ3n) is 3.24. The number of rotatable bonds is 6. The van der Waals surface area contributed by atoms with Gasteiger partial charge in [-0.05, 0) is 39.4 Å². The summed E-state index contributed by atoms with van der Waals surface area (Å²) in [5.41, 5.74) is 1.11. The first-order valence-corrected chi connectivity index (χ1v) is 7.80. The summed E-state index contributed by atoms with van der Waals surface area (Å²) in [6, 6.07) is 4.37. The maximum Gasteiger partial charge on any atom is 0.185 e. The van der Waals surface area contributed by atoms with Crippen LogP contribution in [0.5, 0.6) is 0 Å². The van der Waals surface area contributed by atoms with Gasteiger partial charge in [0.15, 0.2) is 5.13 Å². The molecule has 1 N–H and O–H groups in total. The van der Waals surface area contributed by atoms with Crippen LogP contribution in [-0.2, 0) is 6.54 Å². The number of anilines is 1. The van der Waals surface area contributed by atoms with Gasteiger partial charge in [0.05, 0.1) is 12.2 Å². The molecule has 0 radical (unpaired) electrons. The van der Waals surface area contributed by atoms with Crippen LogP contribution in [0.25, 0.3) is 0 Å². The summed E-state index contributed by atoms with van der Waals surface area (Å²) in [6.45, 7) is 10.1. The van der Waals surface area contributed by atoms with Crippen molar-refractivity contribution in [1.29, 1.82) is 0 Å². The minimum absolute atomic E-state index is 0.352. The van der Waals surface area contributed by atoms with Gasteiger partial charge in [-0.15, -0.1) is 11.3 Å². The van der Waals surface area contributed by atoms with E-state index in [-0.39, 0.29) is 0 Å². The topological polar surface area (TPSA) is 41.3 Å². The number of aryl methyl sites for hydroxylation is 2. The van der Waals surface area contributed by atoms with Gasteiger partial charge in [0.25, 0.3) is 0 Å². The lowest BCUT2D eigenvalue weighted by atomic mass is 10.2. The Bertz CT molecular complexity index is 561. The van der Waals surface area contributed by atoms with E-state index in [1.165, 1.54) is 4.88 Å². The smallest absolute Gasteiger partial charge is 0.185 e. The molecule has 20 heavy (non-hydrogen) atoms. The molecule has 0 fully saturated rings. The van der Waals surface area contributed by atoms with Gasteiger partial charge in [0, 0.05) is 18.0 Å². The summed E-state index contributed by atoms with van der Waals surface area (Å²) >= 11 is 1.75. The number of furan rings is 1. The zero-order valence-corrected chi connectivity index (χ0v) is 13.7. The number of aromatic nitrogens is 1. The molecule has 0 spiro atoms. The minimum Gasteiger partial charge on any atom is -0.464 e. The molecule has 4 nitrogen and oxygen atoms in total. The van der Waals surface area contributed by atoms with Gasteiger partial charge in [-0.2, -0.15) is 0 Å². The summed E-state index contributed by atoms with van der Waals surface area (Å²) in [7, 11) is 2.05. The third kappa shape index (κ3) is 3.41. The molecule has 0 bridgehead atoms. The van der Waals surface area contributed by atoms with Crippen molar-refractivity contribution in [3.8, 4) is 0 Å². The van der Waals surface area contributed by atoms with E-state index in [2.05, 4.69) is 43.0 Å².